The number of aromatic nitrogens is 4. The molecule has 2 saturated heterocycles. The number of nitrogens with zero attached hydrogens (tertiary/aromatic N) is 8. The fourth-order valence-corrected chi connectivity index (χ4v) is 11.9. The Bertz CT molecular complexity index is 3610. The molecule has 6 heterocycles. The van der Waals surface area contributed by atoms with Crippen molar-refractivity contribution in [3.8, 4) is 5.75 Å². The number of rotatable bonds is 18. The van der Waals surface area contributed by atoms with E-state index in [0.29, 0.717) is 48.4 Å². The van der Waals surface area contributed by atoms with Crippen LogP contribution in [0.1, 0.15) is 139 Å². The van der Waals surface area contributed by atoms with Crippen LogP contribution in [0, 0.1) is 11.3 Å². The molecule has 24 nitrogen and oxygen atoms in total. The number of anilines is 1. The van der Waals surface area contributed by atoms with Crippen LogP contribution in [-0.4, -0.2) is 148 Å². The van der Waals surface area contributed by atoms with E-state index in [-0.39, 0.29) is 83.9 Å². The smallest absolute Gasteiger partial charge is 0.416 e. The zero-order valence-corrected chi connectivity index (χ0v) is 57.9. The van der Waals surface area contributed by atoms with Gasteiger partial charge < -0.3 is 62.1 Å². The lowest BCUT2D eigenvalue weighted by Crippen LogP contribution is -3.00. The van der Waals surface area contributed by atoms with E-state index in [9.17, 15) is 39.0 Å². The summed E-state index contributed by atoms with van der Waals surface area (Å²) in [5, 5.41) is 22.5. The number of pyridine rings is 1. The number of carbonyl (C=O) groups is 7. The Morgan fingerprint density at radius 1 is 0.835 bits per heavy atom. The number of thiazole rings is 1. The van der Waals surface area contributed by atoms with Gasteiger partial charge in [0.1, 0.15) is 52.0 Å². The molecule has 0 unspecified atom stereocenters. The van der Waals surface area contributed by atoms with E-state index >= 15 is 0 Å². The van der Waals surface area contributed by atoms with E-state index in [1.807, 2.05) is 39.8 Å². The number of carbonyl (C=O) groups excluding carboxylic acids is 7. The third-order valence-electron chi connectivity index (χ3n) is 14.0. The predicted molar refractivity (Wildman–Crippen MR) is 337 cm³/mol. The van der Waals surface area contributed by atoms with Gasteiger partial charge >= 0.3 is 30.2 Å². The molecule has 3 atom stereocenters. The molecule has 0 spiro atoms. The molecule has 0 aliphatic carbocycles. The van der Waals surface area contributed by atoms with Gasteiger partial charge in [0.05, 0.1) is 48.1 Å². The number of amidine groups is 1. The lowest BCUT2D eigenvalue weighted by Gasteiger charge is -2.49. The van der Waals surface area contributed by atoms with Crippen LogP contribution in [0.5, 0.6) is 5.75 Å². The summed E-state index contributed by atoms with van der Waals surface area (Å²) in [5.41, 5.74) is -1.72. The minimum atomic E-state index is -1.67. The number of β-lactam (4-membered cyclic amide) rings is 1. The normalized spacial score (nSPS) is 17.2. The fourth-order valence-electron chi connectivity index (χ4n) is 9.83. The number of methoxy groups -OCH3 is 1. The molecule has 5 aromatic rings. The molecular weight excluding hydrogens is 1320 g/mol. The maximum Gasteiger partial charge on any atom is 0.416 e. The predicted octanol–water partition coefficient (Wildman–Crippen LogP) is 7.18. The Hall–Kier alpha value is -7.66. The maximum atomic E-state index is 14.6. The van der Waals surface area contributed by atoms with Crippen molar-refractivity contribution >= 4 is 92.6 Å². The van der Waals surface area contributed by atoms with Crippen LogP contribution in [0.15, 0.2) is 95.0 Å². The number of fused-ring (bicyclic) bond motifs is 2. The highest BCUT2D eigenvalue weighted by atomic mass is 127. The zero-order chi connectivity index (χ0) is 65.8. The number of piperidine rings is 1. The highest BCUT2D eigenvalue weighted by molar-refractivity contribution is 8.00. The maximum absolute atomic E-state index is 14.6. The Labute approximate surface area is 555 Å². The zero-order valence-electron chi connectivity index (χ0n) is 54.1. The number of amides is 4. The number of thioether (sulfide) groups is 1. The molecule has 91 heavy (non-hydrogen) atoms. The second-order valence-electron chi connectivity index (χ2n) is 26.6. The summed E-state index contributed by atoms with van der Waals surface area (Å²) in [7, 11) is 1.55. The van der Waals surface area contributed by atoms with E-state index in [4.69, 9.17) is 38.4 Å². The number of Topliss-reactive ketones (excluding diaryl/α,β-unsaturated/α-hetero) is 1. The van der Waals surface area contributed by atoms with Crippen LogP contribution in [0.2, 0.25) is 0 Å². The van der Waals surface area contributed by atoms with Gasteiger partial charge in [0, 0.05) is 47.8 Å². The Morgan fingerprint density at radius 3 is 2.12 bits per heavy atom. The molecule has 2 fully saturated rings. The lowest BCUT2D eigenvalue weighted by atomic mass is 9.89. The summed E-state index contributed by atoms with van der Waals surface area (Å²) >= 11 is 2.38. The largest absolute Gasteiger partial charge is 1.00 e. The third kappa shape index (κ3) is 18.5. The molecule has 27 heteroatoms. The van der Waals surface area contributed by atoms with Gasteiger partial charge in [-0.05, 0) is 133 Å². The standard InChI is InChI=1S/C64H80N10O14S2.HI/c1-60(2,3)84-55(78)64(13,14)88-69-49(46-37-90-56(67-46)68-57(79)85-61(4,5)6)48(75)29-45-52(76)74-50(54(77)83-35-39-20-24-44(82-15)25-21-39)42(36-89-53(45)74)33-70-28-26-47-41(32-70)30-66-72(47)31-38-18-22-40(23-19-38)51(65)73(59(81)87-63(10,11)12)43-17-16-27-71(34-43)58(80)86-62(7,8)9;/h18-26,28,30,32,37,43,45,53,65H,16-17,27,29,31,33-36H2,1-15H3;1H/b65-51?,69-49-;/t43-,45-,53-;/m1./s1. The van der Waals surface area contributed by atoms with Gasteiger partial charge in [0.15, 0.2) is 35.6 Å². The molecule has 2 aromatic carbocycles. The average molecular weight is 1410 g/mol. The molecular formula is C64H81IN10O14S2. The quantitative estimate of drug-likeness (QED) is 0.0128. The van der Waals surface area contributed by atoms with Crippen molar-refractivity contribution in [1.82, 2.24) is 29.5 Å². The van der Waals surface area contributed by atoms with Gasteiger partial charge in [0.2, 0.25) is 11.5 Å². The van der Waals surface area contributed by atoms with E-state index in [0.717, 1.165) is 27.8 Å². The summed E-state index contributed by atoms with van der Waals surface area (Å²) < 4.78 is 37.4. The van der Waals surface area contributed by atoms with Crippen molar-refractivity contribution in [2.24, 2.45) is 11.1 Å². The molecule has 490 valence electrons. The van der Waals surface area contributed by atoms with E-state index in [2.05, 4.69) is 15.5 Å². The van der Waals surface area contributed by atoms with Gasteiger partial charge in [-0.1, -0.05) is 41.6 Å². The highest BCUT2D eigenvalue weighted by Gasteiger charge is 2.55. The number of nitrogens with one attached hydrogen (secondary N) is 2. The van der Waals surface area contributed by atoms with Gasteiger partial charge in [-0.3, -0.25) is 34.8 Å². The third-order valence-corrected chi connectivity index (χ3v) is 16.1. The first-order chi connectivity index (χ1) is 42.0. The lowest BCUT2D eigenvalue weighted by molar-refractivity contribution is -0.687. The molecule has 4 amide bonds. The summed E-state index contributed by atoms with van der Waals surface area (Å²) in [5.74, 6) is -2.73. The van der Waals surface area contributed by atoms with E-state index < -0.39 is 87.2 Å². The summed E-state index contributed by atoms with van der Waals surface area (Å²) in [6.07, 6.45) is 4.31. The van der Waals surface area contributed by atoms with Crippen LogP contribution in [0.25, 0.3) is 10.9 Å². The van der Waals surface area contributed by atoms with Crippen molar-refractivity contribution < 1.29 is 95.4 Å². The number of ketones is 1. The first-order valence-electron chi connectivity index (χ1n) is 29.5. The van der Waals surface area contributed by atoms with Crippen LogP contribution < -0.4 is 38.6 Å². The Morgan fingerprint density at radius 2 is 1.48 bits per heavy atom. The fraction of sp³-hybridized carbons (Fsp3) is 0.500. The molecule has 8 rings (SSSR count). The SMILES string of the molecule is COc1ccc(COC(=O)C2=C(C[n+]3ccc4c(cnn4Cc4ccc(C(=N)N(C(=O)OC(C)(C)C)[C@@H]5CCCN(C(=O)OC(C)(C)C)C5)cc4)c3)CS[C@@H]3[C@H](CC(=O)/C(=N\OC(C)(C)C(=O)OC(C)(C)C)c4csc(NC(=O)OC(C)(C)C)n4)C(=O)N23)cc1.[I-]. The number of likely N-dealkylation sites (tertiary alicyclic amines) is 1. The van der Waals surface area contributed by atoms with Crippen LogP contribution >= 0.6 is 23.1 Å². The molecule has 3 aliphatic heterocycles. The molecule has 2 N–H and O–H groups in total. The van der Waals surface area contributed by atoms with Crippen molar-refractivity contribution in [3.05, 3.63) is 112 Å². The van der Waals surface area contributed by atoms with Gasteiger partial charge in [-0.15, -0.1) is 23.1 Å². The number of halogens is 1. The van der Waals surface area contributed by atoms with Crippen LogP contribution in [0.4, 0.5) is 19.5 Å². The number of oxime groups is 1. The van der Waals surface area contributed by atoms with E-state index in [1.54, 1.807) is 138 Å². The van der Waals surface area contributed by atoms with Crippen molar-refractivity contribution in [3.63, 3.8) is 0 Å². The number of benzene rings is 2. The number of hydrogen-bond donors (Lipinski definition) is 2. The van der Waals surface area contributed by atoms with Crippen molar-refractivity contribution in [2.75, 3.05) is 31.3 Å². The number of hydrogen-bond acceptors (Lipinski definition) is 20. The minimum absolute atomic E-state index is 0. The first kappa shape index (κ1) is 70.8. The monoisotopic (exact) mass is 1400 g/mol. The van der Waals surface area contributed by atoms with Crippen molar-refractivity contribution in [2.45, 2.75) is 175 Å². The van der Waals surface area contributed by atoms with Gasteiger partial charge in [-0.2, -0.15) is 5.10 Å². The number of ether oxygens (including phenoxy) is 6. The van der Waals surface area contributed by atoms with Gasteiger partial charge in [-0.25, -0.2) is 33.5 Å². The summed E-state index contributed by atoms with van der Waals surface area (Å²) in [6, 6.07) is 15.7. The Balaban J connectivity index is 0.0000118. The topological polar surface area (TPSA) is 277 Å². The Kier molecular flexibility index (Phi) is 22.1. The second kappa shape index (κ2) is 28.5. The van der Waals surface area contributed by atoms with Crippen LogP contribution in [0.3, 0.4) is 0 Å². The molecule has 0 radical (unpaired) electrons. The molecule has 3 aliphatic rings. The first-order valence-corrected chi connectivity index (χ1v) is 31.5. The minimum Gasteiger partial charge on any atom is -1.00 e. The highest BCUT2D eigenvalue weighted by Crippen LogP contribution is 2.46. The van der Waals surface area contributed by atoms with Crippen LogP contribution in [-0.2, 0) is 67.4 Å². The summed E-state index contributed by atoms with van der Waals surface area (Å²) in [4.78, 5) is 111. The molecule has 0 saturated carbocycles. The summed E-state index contributed by atoms with van der Waals surface area (Å²) in [6.45, 7) is 24.8. The van der Waals surface area contributed by atoms with E-state index in [1.165, 1.54) is 40.8 Å². The second-order valence-corrected chi connectivity index (χ2v) is 28.6. The average Bonchev–Trinajstić information content (AvgIpc) is 1.52. The van der Waals surface area contributed by atoms with Crippen molar-refractivity contribution in [1.29, 1.82) is 5.41 Å². The molecule has 3 aromatic heterocycles. The number of esters is 2. The van der Waals surface area contributed by atoms with Gasteiger partial charge in [0.25, 0.3) is 0 Å². The molecule has 0 bridgehead atoms.